The highest BCUT2D eigenvalue weighted by atomic mass is 16.4. The molecule has 1 heterocycles. The van der Waals surface area contributed by atoms with E-state index >= 15 is 0 Å². The van der Waals surface area contributed by atoms with Crippen molar-refractivity contribution in [3.8, 4) is 0 Å². The van der Waals surface area contributed by atoms with Crippen LogP contribution in [0.15, 0.2) is 36.5 Å². The number of fused-ring (bicyclic) bond motifs is 1. The molecule has 0 aliphatic rings. The van der Waals surface area contributed by atoms with Crippen molar-refractivity contribution >= 4 is 16.9 Å². The van der Waals surface area contributed by atoms with Crippen molar-refractivity contribution in [2.45, 2.75) is 6.54 Å². The molecule has 1 aromatic heterocycles. The van der Waals surface area contributed by atoms with Crippen molar-refractivity contribution in [2.24, 2.45) is 0 Å². The molecule has 0 aliphatic carbocycles. The minimum absolute atomic E-state index is 0.0311. The van der Waals surface area contributed by atoms with Crippen LogP contribution in [0.3, 0.4) is 0 Å². The van der Waals surface area contributed by atoms with E-state index in [2.05, 4.69) is 10.3 Å². The van der Waals surface area contributed by atoms with Crippen molar-refractivity contribution in [2.75, 3.05) is 6.54 Å². The first-order chi connectivity index (χ1) is 7.77. The lowest BCUT2D eigenvalue weighted by atomic mass is 10.1. The van der Waals surface area contributed by atoms with E-state index in [0.717, 1.165) is 16.5 Å². The number of carbonyl (C=O) groups is 1. The molecule has 4 heteroatoms. The number of nitrogens with one attached hydrogen (secondary N) is 1. The third-order valence-electron chi connectivity index (χ3n) is 2.33. The van der Waals surface area contributed by atoms with E-state index in [4.69, 9.17) is 5.11 Å². The monoisotopic (exact) mass is 216 g/mol. The van der Waals surface area contributed by atoms with E-state index in [1.807, 2.05) is 30.3 Å². The lowest BCUT2D eigenvalue weighted by Gasteiger charge is -2.05. The average Bonchev–Trinajstić information content (AvgIpc) is 2.29. The Morgan fingerprint density at radius 3 is 2.94 bits per heavy atom. The van der Waals surface area contributed by atoms with E-state index in [9.17, 15) is 4.79 Å². The number of carboxylic acids is 1. The van der Waals surface area contributed by atoms with Crippen LogP contribution >= 0.6 is 0 Å². The second-order valence-electron chi connectivity index (χ2n) is 3.48. The van der Waals surface area contributed by atoms with Crippen LogP contribution in [0.1, 0.15) is 5.56 Å². The summed E-state index contributed by atoms with van der Waals surface area (Å²) < 4.78 is 0. The molecule has 0 amide bonds. The van der Waals surface area contributed by atoms with Gasteiger partial charge in [-0.05, 0) is 17.7 Å². The van der Waals surface area contributed by atoms with E-state index in [-0.39, 0.29) is 6.54 Å². The van der Waals surface area contributed by atoms with Crippen molar-refractivity contribution in [1.82, 2.24) is 10.3 Å². The Kier molecular flexibility index (Phi) is 3.12. The molecule has 2 rings (SSSR count). The van der Waals surface area contributed by atoms with Crippen LogP contribution in [0.25, 0.3) is 10.9 Å². The fourth-order valence-electron chi connectivity index (χ4n) is 1.61. The standard InChI is InChI=1S/C12H12N2O2/c15-12(16)8-13-7-9-5-6-14-11-4-2-1-3-10(9)11/h1-6,13H,7-8H2,(H,15,16). The molecule has 0 saturated heterocycles. The zero-order valence-corrected chi connectivity index (χ0v) is 8.68. The number of para-hydroxylation sites is 1. The average molecular weight is 216 g/mol. The molecule has 0 spiro atoms. The smallest absolute Gasteiger partial charge is 0.317 e. The van der Waals surface area contributed by atoms with Gasteiger partial charge in [0.05, 0.1) is 12.1 Å². The van der Waals surface area contributed by atoms with Crippen LogP contribution in [0, 0.1) is 0 Å². The number of aromatic nitrogens is 1. The Bertz CT molecular complexity index is 506. The third-order valence-corrected chi connectivity index (χ3v) is 2.33. The maximum atomic E-state index is 10.4. The van der Waals surface area contributed by atoms with Gasteiger partial charge in [-0.3, -0.25) is 9.78 Å². The Hall–Kier alpha value is -1.94. The fourth-order valence-corrected chi connectivity index (χ4v) is 1.61. The number of hydrogen-bond acceptors (Lipinski definition) is 3. The van der Waals surface area contributed by atoms with Gasteiger partial charge in [0.15, 0.2) is 0 Å². The van der Waals surface area contributed by atoms with Gasteiger partial charge >= 0.3 is 5.97 Å². The summed E-state index contributed by atoms with van der Waals surface area (Å²) in [6, 6.07) is 9.71. The molecular weight excluding hydrogens is 204 g/mol. The molecule has 0 saturated carbocycles. The van der Waals surface area contributed by atoms with Crippen LogP contribution in [0.5, 0.6) is 0 Å². The molecule has 1 aromatic carbocycles. The topological polar surface area (TPSA) is 62.2 Å². The summed E-state index contributed by atoms with van der Waals surface area (Å²) in [5, 5.41) is 12.5. The Morgan fingerprint density at radius 1 is 1.31 bits per heavy atom. The summed E-state index contributed by atoms with van der Waals surface area (Å²) >= 11 is 0. The zero-order valence-electron chi connectivity index (χ0n) is 8.68. The van der Waals surface area contributed by atoms with Crippen LogP contribution < -0.4 is 5.32 Å². The molecule has 0 unspecified atom stereocenters. The van der Waals surface area contributed by atoms with Crippen molar-refractivity contribution in [1.29, 1.82) is 0 Å². The van der Waals surface area contributed by atoms with Crippen LogP contribution in [-0.4, -0.2) is 22.6 Å². The summed E-state index contributed by atoms with van der Waals surface area (Å²) in [6.45, 7) is 0.506. The molecule has 2 N–H and O–H groups in total. The third kappa shape index (κ3) is 2.35. The summed E-state index contributed by atoms with van der Waals surface area (Å²) in [7, 11) is 0. The first kappa shape index (κ1) is 10.6. The highest BCUT2D eigenvalue weighted by molar-refractivity contribution is 5.81. The first-order valence-electron chi connectivity index (χ1n) is 5.02. The second-order valence-corrected chi connectivity index (χ2v) is 3.48. The van der Waals surface area contributed by atoms with Crippen molar-refractivity contribution in [3.05, 3.63) is 42.1 Å². The SMILES string of the molecule is O=C(O)CNCc1ccnc2ccccc12. The highest BCUT2D eigenvalue weighted by Gasteiger charge is 2.01. The Balaban J connectivity index is 2.20. The summed E-state index contributed by atoms with van der Waals surface area (Å²) in [6.07, 6.45) is 1.74. The van der Waals surface area contributed by atoms with Crippen molar-refractivity contribution in [3.63, 3.8) is 0 Å². The minimum Gasteiger partial charge on any atom is -0.480 e. The summed E-state index contributed by atoms with van der Waals surface area (Å²) in [5.74, 6) is -0.849. The molecule has 0 bridgehead atoms. The van der Waals surface area contributed by atoms with E-state index in [0.29, 0.717) is 6.54 Å². The minimum atomic E-state index is -0.849. The quantitative estimate of drug-likeness (QED) is 0.811. The van der Waals surface area contributed by atoms with Gasteiger partial charge in [-0.25, -0.2) is 0 Å². The zero-order chi connectivity index (χ0) is 11.4. The highest BCUT2D eigenvalue weighted by Crippen LogP contribution is 2.15. The normalized spacial score (nSPS) is 10.5. The summed E-state index contributed by atoms with van der Waals surface area (Å²) in [4.78, 5) is 14.6. The number of hydrogen-bond donors (Lipinski definition) is 2. The van der Waals surface area contributed by atoms with E-state index in [1.165, 1.54) is 0 Å². The Labute approximate surface area is 92.9 Å². The molecule has 0 radical (unpaired) electrons. The maximum absolute atomic E-state index is 10.4. The molecular formula is C12H12N2O2. The second kappa shape index (κ2) is 4.72. The number of nitrogens with zero attached hydrogens (tertiary/aromatic N) is 1. The van der Waals surface area contributed by atoms with Gasteiger partial charge in [-0.2, -0.15) is 0 Å². The molecule has 0 fully saturated rings. The molecule has 4 nitrogen and oxygen atoms in total. The molecule has 0 aliphatic heterocycles. The van der Waals surface area contributed by atoms with Gasteiger partial charge in [0.25, 0.3) is 0 Å². The van der Waals surface area contributed by atoms with Crippen molar-refractivity contribution < 1.29 is 9.90 Å². The van der Waals surface area contributed by atoms with Gasteiger partial charge in [0.1, 0.15) is 0 Å². The van der Waals surface area contributed by atoms with E-state index in [1.54, 1.807) is 6.20 Å². The molecule has 16 heavy (non-hydrogen) atoms. The molecule has 82 valence electrons. The number of aliphatic carboxylic acids is 1. The van der Waals surface area contributed by atoms with Crippen LogP contribution in [0.4, 0.5) is 0 Å². The summed E-state index contributed by atoms with van der Waals surface area (Å²) in [5.41, 5.74) is 1.99. The van der Waals surface area contributed by atoms with Gasteiger partial charge < -0.3 is 10.4 Å². The van der Waals surface area contributed by atoms with Crippen LogP contribution in [0.2, 0.25) is 0 Å². The van der Waals surface area contributed by atoms with E-state index < -0.39 is 5.97 Å². The molecule has 2 aromatic rings. The predicted molar refractivity (Wildman–Crippen MR) is 61.1 cm³/mol. The number of carboxylic acid groups (broad SMARTS) is 1. The van der Waals surface area contributed by atoms with Gasteiger partial charge in [-0.15, -0.1) is 0 Å². The lowest BCUT2D eigenvalue weighted by Crippen LogP contribution is -2.21. The largest absolute Gasteiger partial charge is 0.480 e. The number of rotatable bonds is 4. The van der Waals surface area contributed by atoms with Gasteiger partial charge in [0.2, 0.25) is 0 Å². The van der Waals surface area contributed by atoms with Crippen LogP contribution in [-0.2, 0) is 11.3 Å². The van der Waals surface area contributed by atoms with Gasteiger partial charge in [-0.1, -0.05) is 18.2 Å². The molecule has 0 atom stereocenters. The predicted octanol–water partition coefficient (Wildman–Crippen LogP) is 1.41. The first-order valence-corrected chi connectivity index (χ1v) is 5.02. The number of pyridine rings is 1. The fraction of sp³-hybridized carbons (Fsp3) is 0.167. The number of benzene rings is 1. The Morgan fingerprint density at radius 2 is 2.12 bits per heavy atom. The lowest BCUT2D eigenvalue weighted by molar-refractivity contribution is -0.135. The van der Waals surface area contributed by atoms with Gasteiger partial charge in [0, 0.05) is 18.1 Å². The maximum Gasteiger partial charge on any atom is 0.317 e.